The first-order valence-electron chi connectivity index (χ1n) is 30.3. The van der Waals surface area contributed by atoms with E-state index in [-0.39, 0.29) is 5.41 Å². The third kappa shape index (κ3) is 7.24. The molecule has 0 atom stereocenters. The first kappa shape index (κ1) is 49.4. The Bertz CT molecular complexity index is 5240. The quantitative estimate of drug-likeness (QED) is 0.158. The summed E-state index contributed by atoms with van der Waals surface area (Å²) in [6.07, 6.45) is 0. The zero-order valence-electron chi connectivity index (χ0n) is 48.2. The number of para-hydroxylation sites is 2. The highest BCUT2D eigenvalue weighted by Crippen LogP contribution is 2.64. The predicted molar refractivity (Wildman–Crippen MR) is 362 cm³/mol. The lowest BCUT2D eigenvalue weighted by molar-refractivity contribution is 0.447. The zero-order valence-corrected chi connectivity index (χ0v) is 48.2. The van der Waals surface area contributed by atoms with Crippen molar-refractivity contribution in [1.29, 1.82) is 0 Å². The molecule has 0 N–H and O–H groups in total. The van der Waals surface area contributed by atoms with Crippen LogP contribution in [-0.2, 0) is 10.8 Å². The van der Waals surface area contributed by atoms with Crippen molar-refractivity contribution in [2.24, 2.45) is 0 Å². The van der Waals surface area contributed by atoms with Crippen LogP contribution in [-0.4, -0.2) is 4.57 Å². The van der Waals surface area contributed by atoms with E-state index in [0.29, 0.717) is 0 Å². The van der Waals surface area contributed by atoms with Crippen LogP contribution >= 0.6 is 0 Å². The van der Waals surface area contributed by atoms with Crippen LogP contribution in [0, 0.1) is 0 Å². The van der Waals surface area contributed by atoms with Crippen molar-refractivity contribution in [2.45, 2.75) is 24.7 Å². The van der Waals surface area contributed by atoms with E-state index in [1.807, 2.05) is 0 Å². The molecule has 3 aliphatic rings. The number of ether oxygens (including phenoxy) is 1. The average molecular weight is 1110 g/mol. The molecule has 0 amide bonds. The smallest absolute Gasteiger partial charge is 0.140 e. The van der Waals surface area contributed by atoms with Crippen LogP contribution in [0.2, 0.25) is 0 Å². The molecule has 2 heterocycles. The third-order valence-electron chi connectivity index (χ3n) is 19.5. The Morgan fingerprint density at radius 1 is 0.287 bits per heavy atom. The molecule has 2 aliphatic carbocycles. The maximum atomic E-state index is 7.24. The van der Waals surface area contributed by atoms with Crippen LogP contribution in [0.25, 0.3) is 105 Å². The van der Waals surface area contributed by atoms with Gasteiger partial charge >= 0.3 is 0 Å². The fraction of sp³-hybridized carbons (Fsp3) is 0.0476. The minimum absolute atomic E-state index is 0.145. The monoisotopic (exact) mass is 1110 g/mol. The number of nitrogens with zero attached hydrogens (tertiary/aromatic N) is 2. The van der Waals surface area contributed by atoms with Gasteiger partial charge in [-0.25, -0.2) is 0 Å². The molecule has 18 rings (SSSR count). The normalized spacial score (nSPS) is 13.7. The van der Waals surface area contributed by atoms with Gasteiger partial charge in [-0.3, -0.25) is 0 Å². The largest absolute Gasteiger partial charge is 0.455 e. The van der Waals surface area contributed by atoms with Crippen molar-refractivity contribution in [2.75, 3.05) is 4.90 Å². The van der Waals surface area contributed by atoms with Gasteiger partial charge in [0.15, 0.2) is 0 Å². The van der Waals surface area contributed by atoms with Crippen LogP contribution in [0.1, 0.15) is 47.2 Å². The molecule has 3 heteroatoms. The number of aromatic nitrogens is 1. The molecule has 0 bridgehead atoms. The fourth-order valence-electron chi connectivity index (χ4n) is 15.3. The van der Waals surface area contributed by atoms with Crippen molar-refractivity contribution in [3.8, 4) is 72.8 Å². The number of hydrogen-bond acceptors (Lipinski definition) is 2. The predicted octanol–water partition coefficient (Wildman–Crippen LogP) is 22.3. The van der Waals surface area contributed by atoms with E-state index >= 15 is 0 Å². The Balaban J connectivity index is 0.711. The summed E-state index contributed by atoms with van der Waals surface area (Å²) < 4.78 is 9.62. The molecule has 15 aromatic rings. The molecule has 1 spiro atoms. The van der Waals surface area contributed by atoms with Gasteiger partial charge in [0, 0.05) is 60.8 Å². The van der Waals surface area contributed by atoms with Gasteiger partial charge < -0.3 is 14.2 Å². The SMILES string of the molecule is CC1(C)c2ccccc2-c2ccc(N(c3ccc(-c4ccc(-c5ccc6c(c5)C5(c7ccccc7-6)c6ccc7ccccc7c6Oc6c5ccc5ccccc65)cc4)cc3)c3ccc(-c4ccc5c(c4)c4ccccc4n5-c4ccccc4)cc3)cc21. The van der Waals surface area contributed by atoms with Gasteiger partial charge in [0.1, 0.15) is 11.5 Å². The molecule has 1 aromatic heterocycles. The second kappa shape index (κ2) is 18.7. The van der Waals surface area contributed by atoms with E-state index < -0.39 is 5.41 Å². The molecule has 87 heavy (non-hydrogen) atoms. The van der Waals surface area contributed by atoms with E-state index in [4.69, 9.17) is 4.74 Å². The summed E-state index contributed by atoms with van der Waals surface area (Å²) in [6, 6.07) is 112. The van der Waals surface area contributed by atoms with Crippen LogP contribution in [0.3, 0.4) is 0 Å². The minimum Gasteiger partial charge on any atom is -0.455 e. The molecule has 408 valence electrons. The van der Waals surface area contributed by atoms with Gasteiger partial charge in [-0.1, -0.05) is 244 Å². The lowest BCUT2D eigenvalue weighted by Gasteiger charge is -2.40. The number of anilines is 3. The first-order chi connectivity index (χ1) is 42.9. The van der Waals surface area contributed by atoms with E-state index in [2.05, 4.69) is 327 Å². The Kier molecular flexibility index (Phi) is 10.7. The Labute approximate surface area is 505 Å². The molecular formula is C84H56N2O. The zero-order chi connectivity index (χ0) is 57.5. The lowest BCUT2D eigenvalue weighted by atomic mass is 9.65. The van der Waals surface area contributed by atoms with Gasteiger partial charge in [-0.05, 0) is 161 Å². The molecule has 0 radical (unpaired) electrons. The average Bonchev–Trinajstić information content (AvgIpc) is 1.62. The summed E-state index contributed by atoms with van der Waals surface area (Å²) in [5, 5.41) is 7.06. The molecule has 0 fully saturated rings. The fourth-order valence-corrected chi connectivity index (χ4v) is 15.3. The summed E-state index contributed by atoms with van der Waals surface area (Å²) in [5.74, 6) is 1.86. The number of hydrogen-bond donors (Lipinski definition) is 0. The highest BCUT2D eigenvalue weighted by atomic mass is 16.5. The third-order valence-corrected chi connectivity index (χ3v) is 19.5. The van der Waals surface area contributed by atoms with Crippen LogP contribution in [0.5, 0.6) is 11.5 Å². The molecule has 0 saturated carbocycles. The van der Waals surface area contributed by atoms with Crippen molar-refractivity contribution >= 4 is 60.4 Å². The summed E-state index contributed by atoms with van der Waals surface area (Å²) in [7, 11) is 0. The highest BCUT2D eigenvalue weighted by molar-refractivity contribution is 6.11. The van der Waals surface area contributed by atoms with Crippen LogP contribution in [0.15, 0.2) is 303 Å². The van der Waals surface area contributed by atoms with E-state index in [9.17, 15) is 0 Å². The van der Waals surface area contributed by atoms with Gasteiger partial charge in [0.25, 0.3) is 0 Å². The first-order valence-corrected chi connectivity index (χ1v) is 30.3. The van der Waals surface area contributed by atoms with Gasteiger partial charge in [0.2, 0.25) is 0 Å². The van der Waals surface area contributed by atoms with E-state index in [0.717, 1.165) is 66.9 Å². The number of benzene rings is 14. The van der Waals surface area contributed by atoms with Gasteiger partial charge in [-0.2, -0.15) is 0 Å². The Hall–Kier alpha value is -11.0. The second-order valence-electron chi connectivity index (χ2n) is 24.3. The summed E-state index contributed by atoms with van der Waals surface area (Å²) >= 11 is 0. The highest BCUT2D eigenvalue weighted by Gasteiger charge is 2.52. The van der Waals surface area contributed by atoms with Gasteiger partial charge in [-0.15, -0.1) is 0 Å². The lowest BCUT2D eigenvalue weighted by Crippen LogP contribution is -2.32. The van der Waals surface area contributed by atoms with Crippen molar-refractivity contribution in [1.82, 2.24) is 4.57 Å². The molecule has 1 aliphatic heterocycles. The van der Waals surface area contributed by atoms with E-state index in [1.165, 1.54) is 99.7 Å². The topological polar surface area (TPSA) is 17.4 Å². The number of rotatable bonds is 7. The summed E-state index contributed by atoms with van der Waals surface area (Å²) in [5.41, 5.74) is 25.9. The van der Waals surface area contributed by atoms with Gasteiger partial charge in [0.05, 0.1) is 16.4 Å². The summed E-state index contributed by atoms with van der Waals surface area (Å²) in [4.78, 5) is 2.42. The van der Waals surface area contributed by atoms with Crippen LogP contribution < -0.4 is 9.64 Å². The molecule has 0 saturated heterocycles. The van der Waals surface area contributed by atoms with Crippen molar-refractivity contribution in [3.63, 3.8) is 0 Å². The Morgan fingerprint density at radius 3 is 1.39 bits per heavy atom. The standard InChI is InChI=1S/C84H56N2O/c1-83(2)73-25-13-10-22-67(73)69-46-44-64(52-77(69)83)85(63-42-34-56(35-43-63)59-39-49-80-72(50-59)71-24-12-15-27-79(71)86(80)61-18-4-3-5-19-61)62-40-32-54(33-41-62)53-28-30-55(31-29-53)60-36-45-70-68-23-11-14-26-74(68)84(78(70)51-60)75-47-37-57-16-6-8-20-65(57)81(75)87-82-66-21-9-7-17-58(66)38-48-76(82)84/h3-52H,1-2H3. The molecule has 14 aromatic carbocycles. The van der Waals surface area contributed by atoms with Crippen molar-refractivity contribution < 1.29 is 4.74 Å². The number of fused-ring (bicyclic) bond motifs is 19. The second-order valence-corrected chi connectivity index (χ2v) is 24.3. The Morgan fingerprint density at radius 2 is 0.736 bits per heavy atom. The summed E-state index contributed by atoms with van der Waals surface area (Å²) in [6.45, 7) is 4.73. The molecule has 0 unspecified atom stereocenters. The maximum absolute atomic E-state index is 7.24. The molecular weight excluding hydrogens is 1050 g/mol. The minimum atomic E-state index is -0.612. The van der Waals surface area contributed by atoms with E-state index in [1.54, 1.807) is 0 Å². The maximum Gasteiger partial charge on any atom is 0.140 e. The molecule has 3 nitrogen and oxygen atoms in total. The van der Waals surface area contributed by atoms with Crippen molar-refractivity contribution in [3.05, 3.63) is 337 Å². The van der Waals surface area contributed by atoms with Crippen LogP contribution in [0.4, 0.5) is 17.1 Å².